The number of hydrogen-bond donors (Lipinski definition) is 2. The zero-order chi connectivity index (χ0) is 15.6. The Hall–Kier alpha value is -0.380. The number of nitrogens with one attached hydrogen (secondary N) is 1. The highest BCUT2D eigenvalue weighted by atomic mass is 32.3. The van der Waals surface area contributed by atoms with Gasteiger partial charge in [0, 0.05) is 7.11 Å². The molecule has 0 saturated carbocycles. The average Bonchev–Trinajstić information content (AvgIpc) is 2.27. The summed E-state index contributed by atoms with van der Waals surface area (Å²) in [5, 5.41) is 9.84. The summed E-state index contributed by atoms with van der Waals surface area (Å²) in [6, 6.07) is -1.26. The van der Waals surface area contributed by atoms with Crippen LogP contribution in [-0.2, 0) is 34.4 Å². The van der Waals surface area contributed by atoms with Crippen molar-refractivity contribution in [1.29, 1.82) is 0 Å². The predicted molar refractivity (Wildman–Crippen MR) is 58.8 cm³/mol. The summed E-state index contributed by atoms with van der Waals surface area (Å²) in [5.41, 5.74) is 0. The molecule has 20 heavy (non-hydrogen) atoms. The maximum Gasteiger partial charge on any atom is 0.217 e. The molecule has 0 radical (unpaired) electrons. The van der Waals surface area contributed by atoms with Gasteiger partial charge in [-0.3, -0.25) is 4.18 Å². The Labute approximate surface area is 115 Å². The van der Waals surface area contributed by atoms with Crippen LogP contribution in [0, 0.1) is 0 Å². The van der Waals surface area contributed by atoms with Crippen molar-refractivity contribution in [3.8, 4) is 0 Å². The van der Waals surface area contributed by atoms with Crippen LogP contribution in [0.2, 0.25) is 0 Å². The third-order valence-electron chi connectivity index (χ3n) is 2.55. The Morgan fingerprint density at radius 3 is 2.40 bits per heavy atom. The number of ether oxygens (including phenoxy) is 2. The first-order chi connectivity index (χ1) is 9.03. The quantitative estimate of drug-likeness (QED) is 0.368. The molecule has 0 aromatic carbocycles. The van der Waals surface area contributed by atoms with E-state index < -0.39 is 58.3 Å². The highest BCUT2D eigenvalue weighted by Gasteiger charge is 2.40. The summed E-state index contributed by atoms with van der Waals surface area (Å²) in [6.07, 6.45) is -3.80. The van der Waals surface area contributed by atoms with Gasteiger partial charge in [0.1, 0.15) is 18.3 Å². The fourth-order valence-electron chi connectivity index (χ4n) is 1.74. The van der Waals surface area contributed by atoms with E-state index in [-0.39, 0.29) is 0 Å². The number of methoxy groups -OCH3 is 1. The summed E-state index contributed by atoms with van der Waals surface area (Å²) in [6.45, 7) is -1.13. The van der Waals surface area contributed by atoms with E-state index in [9.17, 15) is 31.0 Å². The van der Waals surface area contributed by atoms with Crippen molar-refractivity contribution in [1.82, 2.24) is 4.72 Å². The van der Waals surface area contributed by atoms with Crippen molar-refractivity contribution in [2.75, 3.05) is 20.3 Å². The van der Waals surface area contributed by atoms with Crippen molar-refractivity contribution in [3.63, 3.8) is 0 Å². The Bertz CT molecular complexity index is 514. The minimum atomic E-state index is -4.94. The molecule has 4 atom stereocenters. The fourth-order valence-corrected chi connectivity index (χ4v) is 2.62. The molecule has 2 unspecified atom stereocenters. The second kappa shape index (κ2) is 6.59. The molecule has 0 spiro atoms. The van der Waals surface area contributed by atoms with Crippen LogP contribution in [0.3, 0.4) is 0 Å². The van der Waals surface area contributed by atoms with Crippen molar-refractivity contribution in [2.45, 2.75) is 24.4 Å². The van der Waals surface area contributed by atoms with Gasteiger partial charge in [0.25, 0.3) is 0 Å². The Morgan fingerprint density at radius 1 is 1.35 bits per heavy atom. The van der Waals surface area contributed by atoms with Crippen LogP contribution in [0.4, 0.5) is 0 Å². The van der Waals surface area contributed by atoms with Gasteiger partial charge < -0.3 is 23.7 Å². The van der Waals surface area contributed by atoms with Crippen LogP contribution in [0.15, 0.2) is 0 Å². The molecule has 0 aromatic rings. The van der Waals surface area contributed by atoms with Crippen LogP contribution >= 0.6 is 0 Å². The Balaban J connectivity index is 2.71. The first kappa shape index (κ1) is 17.7. The molecule has 11 nitrogen and oxygen atoms in total. The van der Waals surface area contributed by atoms with E-state index in [4.69, 9.17) is 9.47 Å². The van der Waals surface area contributed by atoms with E-state index in [0.29, 0.717) is 0 Å². The molecular formula is C7H13NO10S2-2. The fraction of sp³-hybridized carbons (Fsp3) is 1.00. The first-order valence-corrected chi connectivity index (χ1v) is 7.93. The highest BCUT2D eigenvalue weighted by molar-refractivity contribution is 7.83. The predicted octanol–water partition coefficient (Wildman–Crippen LogP) is -3.34. The van der Waals surface area contributed by atoms with E-state index in [1.54, 1.807) is 4.72 Å². The summed E-state index contributed by atoms with van der Waals surface area (Å²) in [7, 11) is -8.61. The zero-order valence-electron chi connectivity index (χ0n) is 10.2. The van der Waals surface area contributed by atoms with Gasteiger partial charge in [-0.15, -0.1) is 0 Å². The summed E-state index contributed by atoms with van der Waals surface area (Å²) < 4.78 is 78.1. The van der Waals surface area contributed by atoms with Gasteiger partial charge >= 0.3 is 0 Å². The molecule has 120 valence electrons. The summed E-state index contributed by atoms with van der Waals surface area (Å²) in [4.78, 5) is 0. The maximum absolute atomic E-state index is 10.6. The van der Waals surface area contributed by atoms with E-state index >= 15 is 0 Å². The third kappa shape index (κ3) is 5.55. The number of rotatable bonds is 6. The molecule has 1 aliphatic heterocycles. The number of aliphatic hydroxyl groups is 1. The largest absolute Gasteiger partial charge is 0.735 e. The minimum absolute atomic E-state index is 0.421. The smallest absolute Gasteiger partial charge is 0.217 e. The first-order valence-electron chi connectivity index (χ1n) is 5.19. The monoisotopic (exact) mass is 335 g/mol. The summed E-state index contributed by atoms with van der Waals surface area (Å²) in [5.74, 6) is 0. The van der Waals surface area contributed by atoms with E-state index in [1.165, 1.54) is 0 Å². The molecule has 1 saturated heterocycles. The van der Waals surface area contributed by atoms with Gasteiger partial charge in [0.2, 0.25) is 10.4 Å². The lowest BCUT2D eigenvalue weighted by atomic mass is 9.99. The molecule has 0 amide bonds. The highest BCUT2D eigenvalue weighted by Crippen LogP contribution is 2.19. The molecular weight excluding hydrogens is 322 g/mol. The molecule has 0 aromatic heterocycles. The second-order valence-electron chi connectivity index (χ2n) is 3.93. The lowest BCUT2D eigenvalue weighted by Gasteiger charge is -2.39. The standard InChI is InChI=1S/C7H15NO10S2/c1-16-7-5(3-18-20(13,14)15)17-2-4(6(7)9)8-19(10,11)12/h4-9H,2-3H2,1H3,(H,10,11,12)(H,13,14,15)/p-2/t4?,5?,6-,7+/m1/s1. The van der Waals surface area contributed by atoms with Gasteiger partial charge in [-0.1, -0.05) is 0 Å². The van der Waals surface area contributed by atoms with E-state index in [1.807, 2.05) is 0 Å². The molecule has 1 aliphatic rings. The molecule has 1 fully saturated rings. The Kier molecular flexibility index (Phi) is 5.82. The van der Waals surface area contributed by atoms with Crippen molar-refractivity contribution in [2.24, 2.45) is 0 Å². The topological polar surface area (TPSA) is 174 Å². The van der Waals surface area contributed by atoms with Crippen LogP contribution in [-0.4, -0.2) is 75.7 Å². The molecule has 13 heteroatoms. The SMILES string of the molecule is CO[C@H]1C(COS(=O)(=O)[O-])OCC(NS(=O)(=O)[O-])[C@H]1O. The van der Waals surface area contributed by atoms with Gasteiger partial charge in [-0.25, -0.2) is 21.6 Å². The second-order valence-corrected chi connectivity index (χ2v) is 6.13. The van der Waals surface area contributed by atoms with Gasteiger partial charge in [0.05, 0.1) is 19.3 Å². The molecule has 2 N–H and O–H groups in total. The lowest BCUT2D eigenvalue weighted by molar-refractivity contribution is -0.167. The minimum Gasteiger partial charge on any atom is -0.735 e. The van der Waals surface area contributed by atoms with E-state index in [2.05, 4.69) is 4.18 Å². The molecule has 1 rings (SSSR count). The van der Waals surface area contributed by atoms with Crippen molar-refractivity contribution >= 4 is 20.7 Å². The molecule has 1 heterocycles. The molecule has 0 aliphatic carbocycles. The van der Waals surface area contributed by atoms with Crippen LogP contribution < -0.4 is 4.72 Å². The van der Waals surface area contributed by atoms with Crippen molar-refractivity contribution < 1.29 is 44.7 Å². The maximum atomic E-state index is 10.6. The zero-order valence-corrected chi connectivity index (χ0v) is 11.8. The third-order valence-corrected chi connectivity index (χ3v) is 3.57. The normalized spacial score (nSPS) is 32.2. The van der Waals surface area contributed by atoms with Crippen LogP contribution in [0.1, 0.15) is 0 Å². The number of hydrogen-bond acceptors (Lipinski definition) is 10. The lowest BCUT2D eigenvalue weighted by Crippen LogP contribution is -2.60. The van der Waals surface area contributed by atoms with Gasteiger partial charge in [-0.05, 0) is 0 Å². The van der Waals surface area contributed by atoms with Crippen molar-refractivity contribution in [3.05, 3.63) is 0 Å². The van der Waals surface area contributed by atoms with Crippen LogP contribution in [0.5, 0.6) is 0 Å². The van der Waals surface area contributed by atoms with E-state index in [0.717, 1.165) is 7.11 Å². The van der Waals surface area contributed by atoms with Gasteiger partial charge in [-0.2, -0.15) is 0 Å². The summed E-state index contributed by atoms with van der Waals surface area (Å²) >= 11 is 0. The van der Waals surface area contributed by atoms with Crippen LogP contribution in [0.25, 0.3) is 0 Å². The average molecular weight is 335 g/mol. The number of aliphatic hydroxyl groups excluding tert-OH is 1. The van der Waals surface area contributed by atoms with Gasteiger partial charge in [0.15, 0.2) is 10.3 Å². The Morgan fingerprint density at radius 2 is 1.95 bits per heavy atom. The molecule has 0 bridgehead atoms.